The number of rotatable bonds is 3. The molecule has 2 aromatic heterocycles. The molecule has 0 bridgehead atoms. The fourth-order valence-corrected chi connectivity index (χ4v) is 2.65. The van der Waals surface area contributed by atoms with Gasteiger partial charge in [-0.25, -0.2) is 9.78 Å². The van der Waals surface area contributed by atoms with Crippen molar-refractivity contribution in [2.75, 3.05) is 24.6 Å². The van der Waals surface area contributed by atoms with Gasteiger partial charge in [-0.3, -0.25) is 4.68 Å². The zero-order valence-electron chi connectivity index (χ0n) is 12.6. The van der Waals surface area contributed by atoms with Gasteiger partial charge < -0.3 is 14.7 Å². The molecular formula is C15H18N4O3. The molecule has 0 saturated carbocycles. The van der Waals surface area contributed by atoms with Crippen LogP contribution < -0.4 is 4.90 Å². The quantitative estimate of drug-likeness (QED) is 0.919. The van der Waals surface area contributed by atoms with Gasteiger partial charge in [-0.1, -0.05) is 6.07 Å². The fraction of sp³-hybridized carbons (Fsp3) is 0.400. The van der Waals surface area contributed by atoms with E-state index >= 15 is 0 Å². The number of carboxylic acids is 1. The van der Waals surface area contributed by atoms with Crippen molar-refractivity contribution in [1.29, 1.82) is 0 Å². The fourth-order valence-electron chi connectivity index (χ4n) is 2.65. The standard InChI is InChI=1S/C15H18N4O3/c1-15(11-8-16-18(2)9-11)10-19(6-7-22-15)13-5-3-4-12(17-13)14(20)21/h3-5,8-9H,6-7,10H2,1-2H3,(H,20,21). The minimum absolute atomic E-state index is 0.0482. The number of carboxylic acid groups (broad SMARTS) is 1. The second-order valence-corrected chi connectivity index (χ2v) is 5.59. The van der Waals surface area contributed by atoms with E-state index in [-0.39, 0.29) is 5.69 Å². The molecule has 1 aliphatic heterocycles. The number of aromatic nitrogens is 3. The number of carbonyl (C=O) groups is 1. The number of morpholine rings is 1. The van der Waals surface area contributed by atoms with E-state index < -0.39 is 11.6 Å². The van der Waals surface area contributed by atoms with Crippen molar-refractivity contribution in [3.63, 3.8) is 0 Å². The predicted molar refractivity (Wildman–Crippen MR) is 79.9 cm³/mol. The summed E-state index contributed by atoms with van der Waals surface area (Å²) in [7, 11) is 1.87. The molecule has 1 atom stereocenters. The molecule has 116 valence electrons. The van der Waals surface area contributed by atoms with E-state index in [0.717, 1.165) is 5.56 Å². The van der Waals surface area contributed by atoms with Crippen molar-refractivity contribution in [2.45, 2.75) is 12.5 Å². The molecule has 22 heavy (non-hydrogen) atoms. The van der Waals surface area contributed by atoms with Gasteiger partial charge in [0.1, 0.15) is 11.4 Å². The molecule has 1 fully saturated rings. The summed E-state index contributed by atoms with van der Waals surface area (Å²) in [6.07, 6.45) is 3.73. The van der Waals surface area contributed by atoms with Crippen LogP contribution in [-0.4, -0.2) is 45.5 Å². The van der Waals surface area contributed by atoms with Crippen LogP contribution in [0, 0.1) is 0 Å². The number of hydrogen-bond donors (Lipinski definition) is 1. The van der Waals surface area contributed by atoms with Gasteiger partial charge >= 0.3 is 5.97 Å². The summed E-state index contributed by atoms with van der Waals surface area (Å²) >= 11 is 0. The third-order valence-electron chi connectivity index (χ3n) is 3.87. The van der Waals surface area contributed by atoms with Crippen LogP contribution in [0.15, 0.2) is 30.6 Å². The van der Waals surface area contributed by atoms with E-state index in [4.69, 9.17) is 9.84 Å². The Balaban J connectivity index is 1.87. The molecule has 3 heterocycles. The van der Waals surface area contributed by atoms with Crippen LogP contribution in [0.4, 0.5) is 5.82 Å². The highest BCUT2D eigenvalue weighted by atomic mass is 16.5. The largest absolute Gasteiger partial charge is 0.477 e. The van der Waals surface area contributed by atoms with Gasteiger partial charge in [0.25, 0.3) is 0 Å². The third kappa shape index (κ3) is 2.67. The molecule has 7 heteroatoms. The molecule has 1 N–H and O–H groups in total. The number of anilines is 1. The number of pyridine rings is 1. The molecule has 2 aromatic rings. The highest BCUT2D eigenvalue weighted by Gasteiger charge is 2.35. The Morgan fingerprint density at radius 2 is 2.27 bits per heavy atom. The average Bonchev–Trinajstić information content (AvgIpc) is 2.95. The molecule has 0 aliphatic carbocycles. The third-order valence-corrected chi connectivity index (χ3v) is 3.87. The number of nitrogens with zero attached hydrogens (tertiary/aromatic N) is 4. The molecule has 1 unspecified atom stereocenters. The van der Waals surface area contributed by atoms with Crippen molar-refractivity contribution < 1.29 is 14.6 Å². The second-order valence-electron chi connectivity index (χ2n) is 5.59. The smallest absolute Gasteiger partial charge is 0.354 e. The van der Waals surface area contributed by atoms with Gasteiger partial charge in [0.2, 0.25) is 0 Å². The van der Waals surface area contributed by atoms with Crippen LogP contribution in [0.3, 0.4) is 0 Å². The topological polar surface area (TPSA) is 80.5 Å². The van der Waals surface area contributed by atoms with Crippen molar-refractivity contribution in [3.8, 4) is 0 Å². The van der Waals surface area contributed by atoms with Crippen LogP contribution >= 0.6 is 0 Å². The molecule has 1 aliphatic rings. The highest BCUT2D eigenvalue weighted by molar-refractivity contribution is 5.85. The number of aromatic carboxylic acids is 1. The Hall–Kier alpha value is -2.41. The molecule has 0 amide bonds. The molecule has 0 aromatic carbocycles. The zero-order valence-corrected chi connectivity index (χ0v) is 12.6. The highest BCUT2D eigenvalue weighted by Crippen LogP contribution is 2.30. The predicted octanol–water partition coefficient (Wildman–Crippen LogP) is 1.27. The summed E-state index contributed by atoms with van der Waals surface area (Å²) in [4.78, 5) is 17.3. The maximum atomic E-state index is 11.1. The van der Waals surface area contributed by atoms with Crippen LogP contribution in [0.2, 0.25) is 0 Å². The van der Waals surface area contributed by atoms with Crippen molar-refractivity contribution >= 4 is 11.8 Å². The van der Waals surface area contributed by atoms with E-state index in [1.54, 1.807) is 16.9 Å². The van der Waals surface area contributed by atoms with E-state index in [1.165, 1.54) is 6.07 Å². The summed E-state index contributed by atoms with van der Waals surface area (Å²) in [6.45, 7) is 3.82. The lowest BCUT2D eigenvalue weighted by Crippen LogP contribution is -2.48. The first kappa shape index (κ1) is 14.5. The van der Waals surface area contributed by atoms with E-state index in [0.29, 0.717) is 25.5 Å². The van der Waals surface area contributed by atoms with Gasteiger partial charge in [0.15, 0.2) is 5.69 Å². The molecule has 1 saturated heterocycles. The first-order valence-electron chi connectivity index (χ1n) is 7.06. The SMILES string of the molecule is Cn1cc(C2(C)CN(c3cccc(C(=O)O)n3)CCO2)cn1. The zero-order chi connectivity index (χ0) is 15.7. The van der Waals surface area contributed by atoms with E-state index in [2.05, 4.69) is 10.1 Å². The van der Waals surface area contributed by atoms with Crippen LogP contribution in [0.5, 0.6) is 0 Å². The Morgan fingerprint density at radius 1 is 1.45 bits per heavy atom. The molecule has 3 rings (SSSR count). The maximum Gasteiger partial charge on any atom is 0.354 e. The van der Waals surface area contributed by atoms with Crippen molar-refractivity contribution in [3.05, 3.63) is 41.9 Å². The molecule has 0 radical (unpaired) electrons. The molecule has 7 nitrogen and oxygen atoms in total. The lowest BCUT2D eigenvalue weighted by molar-refractivity contribution is -0.0468. The minimum atomic E-state index is -1.02. The van der Waals surface area contributed by atoms with Gasteiger partial charge in [0.05, 0.1) is 19.3 Å². The monoisotopic (exact) mass is 302 g/mol. The minimum Gasteiger partial charge on any atom is -0.477 e. The number of ether oxygens (including phenoxy) is 1. The first-order chi connectivity index (χ1) is 10.5. The maximum absolute atomic E-state index is 11.1. The first-order valence-corrected chi connectivity index (χ1v) is 7.06. The van der Waals surface area contributed by atoms with Crippen molar-refractivity contribution in [1.82, 2.24) is 14.8 Å². The van der Waals surface area contributed by atoms with Gasteiger partial charge in [0, 0.05) is 25.4 Å². The van der Waals surface area contributed by atoms with Crippen molar-refractivity contribution in [2.24, 2.45) is 7.05 Å². The Kier molecular flexibility index (Phi) is 3.58. The molecule has 0 spiro atoms. The van der Waals surface area contributed by atoms with Gasteiger partial charge in [-0.15, -0.1) is 0 Å². The summed E-state index contributed by atoms with van der Waals surface area (Å²) in [6, 6.07) is 5.02. The average molecular weight is 302 g/mol. The number of aryl methyl sites for hydroxylation is 1. The van der Waals surface area contributed by atoms with Gasteiger partial charge in [-0.05, 0) is 19.1 Å². The van der Waals surface area contributed by atoms with Crippen LogP contribution in [-0.2, 0) is 17.4 Å². The summed E-state index contributed by atoms with van der Waals surface area (Å²) in [5.41, 5.74) is 0.550. The molecular weight excluding hydrogens is 284 g/mol. The lowest BCUT2D eigenvalue weighted by Gasteiger charge is -2.40. The van der Waals surface area contributed by atoms with Crippen LogP contribution in [0.25, 0.3) is 0 Å². The normalized spacial score (nSPS) is 21.8. The second kappa shape index (κ2) is 5.42. The Labute approximate surface area is 128 Å². The van der Waals surface area contributed by atoms with Crippen LogP contribution in [0.1, 0.15) is 23.0 Å². The Morgan fingerprint density at radius 3 is 2.95 bits per heavy atom. The van der Waals surface area contributed by atoms with E-state index in [1.807, 2.05) is 31.1 Å². The Bertz CT molecular complexity index is 700. The summed E-state index contributed by atoms with van der Waals surface area (Å²) in [5, 5.41) is 13.3. The summed E-state index contributed by atoms with van der Waals surface area (Å²) < 4.78 is 7.70. The van der Waals surface area contributed by atoms with E-state index in [9.17, 15) is 4.79 Å². The summed E-state index contributed by atoms with van der Waals surface area (Å²) in [5.74, 6) is -0.372. The van der Waals surface area contributed by atoms with Gasteiger partial charge in [-0.2, -0.15) is 5.10 Å². The lowest BCUT2D eigenvalue weighted by atomic mass is 9.97. The number of hydrogen-bond acceptors (Lipinski definition) is 5.